The van der Waals surface area contributed by atoms with Crippen molar-refractivity contribution in [2.24, 2.45) is 0 Å². The van der Waals surface area contributed by atoms with E-state index < -0.39 is 0 Å². The van der Waals surface area contributed by atoms with Crippen LogP contribution in [-0.2, 0) is 4.79 Å². The molecule has 2 heterocycles. The van der Waals surface area contributed by atoms with Gasteiger partial charge in [-0.3, -0.25) is 10.1 Å². The summed E-state index contributed by atoms with van der Waals surface area (Å²) < 4.78 is 0. The summed E-state index contributed by atoms with van der Waals surface area (Å²) in [6.45, 7) is 1.70. The molecule has 1 spiro atoms. The molecule has 1 N–H and O–H groups in total. The predicted octanol–water partition coefficient (Wildman–Crippen LogP) is 1.27. The van der Waals surface area contributed by atoms with Crippen LogP contribution in [0.4, 0.5) is 0 Å². The standard InChI is InChI=1S/C13H19N3OS/c1-15(2)6-7-16-11(10-3-8-18-9-10)14-13(4-5-13)12(16)17/h3,8-9,11,14H,4-7H2,1-2H3. The molecular weight excluding hydrogens is 246 g/mol. The smallest absolute Gasteiger partial charge is 0.244 e. The van der Waals surface area contributed by atoms with Gasteiger partial charge in [-0.1, -0.05) is 0 Å². The van der Waals surface area contributed by atoms with Crippen LogP contribution >= 0.6 is 11.3 Å². The van der Waals surface area contributed by atoms with E-state index in [2.05, 4.69) is 27.0 Å². The van der Waals surface area contributed by atoms with E-state index in [1.54, 1.807) is 11.3 Å². The molecule has 1 atom stereocenters. The van der Waals surface area contributed by atoms with Crippen molar-refractivity contribution in [3.63, 3.8) is 0 Å². The number of nitrogens with one attached hydrogen (secondary N) is 1. The second-order valence-corrected chi connectivity index (χ2v) is 6.27. The van der Waals surface area contributed by atoms with Gasteiger partial charge in [0.15, 0.2) is 0 Å². The second-order valence-electron chi connectivity index (χ2n) is 5.49. The summed E-state index contributed by atoms with van der Waals surface area (Å²) in [5.74, 6) is 0.292. The number of carbonyl (C=O) groups excluding carboxylic acids is 1. The number of likely N-dealkylation sites (N-methyl/N-ethyl adjacent to an activating group) is 1. The van der Waals surface area contributed by atoms with Crippen molar-refractivity contribution in [1.29, 1.82) is 0 Å². The minimum Gasteiger partial charge on any atom is -0.320 e. The van der Waals surface area contributed by atoms with Gasteiger partial charge in [0, 0.05) is 13.1 Å². The first-order valence-corrected chi connectivity index (χ1v) is 7.32. The maximum absolute atomic E-state index is 12.5. The lowest BCUT2D eigenvalue weighted by molar-refractivity contribution is -0.131. The van der Waals surface area contributed by atoms with Crippen molar-refractivity contribution in [2.45, 2.75) is 24.5 Å². The number of hydrogen-bond donors (Lipinski definition) is 1. The molecular formula is C13H19N3OS. The third-order valence-corrected chi connectivity index (χ3v) is 4.49. The molecule has 1 aliphatic heterocycles. The molecule has 1 aromatic rings. The Bertz CT molecular complexity index is 439. The van der Waals surface area contributed by atoms with Crippen LogP contribution in [0.3, 0.4) is 0 Å². The Hall–Kier alpha value is -0.910. The maximum Gasteiger partial charge on any atom is 0.244 e. The highest BCUT2D eigenvalue weighted by atomic mass is 32.1. The van der Waals surface area contributed by atoms with Gasteiger partial charge >= 0.3 is 0 Å². The summed E-state index contributed by atoms with van der Waals surface area (Å²) in [6.07, 6.45) is 2.06. The molecule has 1 saturated heterocycles. The summed E-state index contributed by atoms with van der Waals surface area (Å²) in [7, 11) is 4.08. The zero-order valence-corrected chi connectivity index (χ0v) is 11.7. The van der Waals surface area contributed by atoms with Crippen molar-refractivity contribution in [3.8, 4) is 0 Å². The van der Waals surface area contributed by atoms with Gasteiger partial charge < -0.3 is 9.80 Å². The van der Waals surface area contributed by atoms with Crippen LogP contribution in [-0.4, -0.2) is 48.4 Å². The highest BCUT2D eigenvalue weighted by molar-refractivity contribution is 7.07. The number of rotatable bonds is 4. The summed E-state index contributed by atoms with van der Waals surface area (Å²) in [4.78, 5) is 16.6. The first kappa shape index (κ1) is 12.1. The molecule has 5 heteroatoms. The normalized spacial score (nSPS) is 25.4. The van der Waals surface area contributed by atoms with E-state index in [1.165, 1.54) is 5.56 Å². The monoisotopic (exact) mass is 265 g/mol. The van der Waals surface area contributed by atoms with Gasteiger partial charge in [0.2, 0.25) is 5.91 Å². The lowest BCUT2D eigenvalue weighted by Gasteiger charge is -2.25. The van der Waals surface area contributed by atoms with Gasteiger partial charge in [0.05, 0.1) is 0 Å². The van der Waals surface area contributed by atoms with Gasteiger partial charge in [0.1, 0.15) is 11.7 Å². The fourth-order valence-corrected chi connectivity index (χ4v) is 3.19. The van der Waals surface area contributed by atoms with Gasteiger partial charge in [-0.15, -0.1) is 0 Å². The van der Waals surface area contributed by atoms with E-state index in [0.29, 0.717) is 5.91 Å². The molecule has 1 unspecified atom stereocenters. The molecule has 1 aromatic heterocycles. The molecule has 2 fully saturated rings. The van der Waals surface area contributed by atoms with E-state index in [1.807, 2.05) is 19.0 Å². The average Bonchev–Trinajstić information content (AvgIpc) is 2.82. The minimum atomic E-state index is -0.223. The highest BCUT2D eigenvalue weighted by Gasteiger charge is 2.59. The van der Waals surface area contributed by atoms with Crippen LogP contribution < -0.4 is 5.32 Å². The zero-order valence-electron chi connectivity index (χ0n) is 10.8. The molecule has 1 aliphatic carbocycles. The van der Waals surface area contributed by atoms with Crippen LogP contribution in [0.1, 0.15) is 24.6 Å². The Kier molecular flexibility index (Phi) is 2.92. The first-order valence-electron chi connectivity index (χ1n) is 6.38. The molecule has 18 heavy (non-hydrogen) atoms. The molecule has 98 valence electrons. The van der Waals surface area contributed by atoms with Crippen LogP contribution in [0.15, 0.2) is 16.8 Å². The molecule has 3 rings (SSSR count). The molecule has 0 aromatic carbocycles. The zero-order chi connectivity index (χ0) is 12.8. The summed E-state index contributed by atoms with van der Waals surface area (Å²) >= 11 is 1.69. The van der Waals surface area contributed by atoms with Crippen LogP contribution in [0.25, 0.3) is 0 Å². The molecule has 1 saturated carbocycles. The molecule has 2 aliphatic rings. The number of thiophene rings is 1. The van der Waals surface area contributed by atoms with Crippen LogP contribution in [0, 0.1) is 0 Å². The number of carbonyl (C=O) groups is 1. The van der Waals surface area contributed by atoms with E-state index in [-0.39, 0.29) is 11.7 Å². The Labute approximate surface area is 112 Å². The molecule has 1 amide bonds. The average molecular weight is 265 g/mol. The van der Waals surface area contributed by atoms with Gasteiger partial charge in [-0.2, -0.15) is 11.3 Å². The molecule has 0 radical (unpaired) electrons. The van der Waals surface area contributed by atoms with Crippen molar-refractivity contribution in [3.05, 3.63) is 22.4 Å². The molecule has 0 bridgehead atoms. The largest absolute Gasteiger partial charge is 0.320 e. The minimum absolute atomic E-state index is 0.0752. The Morgan fingerprint density at radius 3 is 2.89 bits per heavy atom. The number of hydrogen-bond acceptors (Lipinski definition) is 4. The lowest BCUT2D eigenvalue weighted by Crippen LogP contribution is -2.36. The third kappa shape index (κ3) is 1.96. The summed E-state index contributed by atoms with van der Waals surface area (Å²) in [6, 6.07) is 2.11. The maximum atomic E-state index is 12.5. The van der Waals surface area contributed by atoms with Gasteiger partial charge in [-0.05, 0) is 49.3 Å². The van der Waals surface area contributed by atoms with Crippen LogP contribution in [0.5, 0.6) is 0 Å². The topological polar surface area (TPSA) is 35.6 Å². The van der Waals surface area contributed by atoms with E-state index >= 15 is 0 Å². The predicted molar refractivity (Wildman–Crippen MR) is 72.4 cm³/mol. The van der Waals surface area contributed by atoms with Crippen molar-refractivity contribution in [2.75, 3.05) is 27.2 Å². The van der Waals surface area contributed by atoms with Crippen molar-refractivity contribution in [1.82, 2.24) is 15.1 Å². The summed E-state index contributed by atoms with van der Waals surface area (Å²) in [5.41, 5.74) is 0.995. The van der Waals surface area contributed by atoms with E-state index in [9.17, 15) is 4.79 Å². The lowest BCUT2D eigenvalue weighted by atomic mass is 10.2. The van der Waals surface area contributed by atoms with E-state index in [4.69, 9.17) is 0 Å². The third-order valence-electron chi connectivity index (χ3n) is 3.79. The first-order chi connectivity index (χ1) is 8.62. The fourth-order valence-electron chi connectivity index (χ4n) is 2.51. The SMILES string of the molecule is CN(C)CCN1C(=O)C2(CC2)NC1c1ccsc1. The van der Waals surface area contributed by atoms with Gasteiger partial charge in [-0.25, -0.2) is 0 Å². The van der Waals surface area contributed by atoms with Crippen molar-refractivity contribution < 1.29 is 4.79 Å². The highest BCUT2D eigenvalue weighted by Crippen LogP contribution is 2.45. The second kappa shape index (κ2) is 4.33. The Morgan fingerprint density at radius 2 is 2.33 bits per heavy atom. The Balaban J connectivity index is 1.80. The number of nitrogens with zero attached hydrogens (tertiary/aromatic N) is 2. The fraction of sp³-hybridized carbons (Fsp3) is 0.615. The number of amides is 1. The Morgan fingerprint density at radius 1 is 1.56 bits per heavy atom. The van der Waals surface area contributed by atoms with Gasteiger partial charge in [0.25, 0.3) is 0 Å². The summed E-state index contributed by atoms with van der Waals surface area (Å²) in [5, 5.41) is 7.74. The quantitative estimate of drug-likeness (QED) is 0.890. The van der Waals surface area contributed by atoms with E-state index in [0.717, 1.165) is 25.9 Å². The van der Waals surface area contributed by atoms with Crippen LogP contribution in [0.2, 0.25) is 0 Å². The van der Waals surface area contributed by atoms with Crippen molar-refractivity contribution >= 4 is 17.2 Å². The molecule has 4 nitrogen and oxygen atoms in total.